The summed E-state index contributed by atoms with van der Waals surface area (Å²) in [4.78, 5) is 36.7. The van der Waals surface area contributed by atoms with Gasteiger partial charge in [0.15, 0.2) is 6.23 Å². The smallest absolute Gasteiger partial charge is 0.335 e. The van der Waals surface area contributed by atoms with E-state index in [1.54, 1.807) is 6.92 Å². The van der Waals surface area contributed by atoms with E-state index in [0.717, 1.165) is 4.57 Å². The molecule has 0 aliphatic carbocycles. The molecule has 0 spiro atoms. The van der Waals surface area contributed by atoms with Gasteiger partial charge in [0.1, 0.15) is 6.10 Å². The third kappa shape index (κ3) is 1.22. The Bertz CT molecular complexity index is 461. The van der Waals surface area contributed by atoms with E-state index in [9.17, 15) is 14.4 Å². The monoisotopic (exact) mass is 185 g/mol. The summed E-state index contributed by atoms with van der Waals surface area (Å²) in [5.41, 5.74) is -2.30. The molecule has 2 rings (SSSR count). The molecule has 2 N–H and O–H groups in total. The minimum atomic E-state index is -0.806. The first-order chi connectivity index (χ1) is 6.09. The van der Waals surface area contributed by atoms with Crippen LogP contribution in [0.1, 0.15) is 13.2 Å². The fraction of sp³-hybridized carbons (Fsp3) is 0.500. The molecule has 1 fully saturated rings. The van der Waals surface area contributed by atoms with Crippen molar-refractivity contribution < 1.29 is 4.74 Å². The first-order valence-corrected chi connectivity index (χ1v) is 3.70. The average molecular weight is 185 g/mol. The van der Waals surface area contributed by atoms with Gasteiger partial charge in [-0.25, -0.2) is 19.0 Å². The van der Waals surface area contributed by atoms with Gasteiger partial charge in [0.05, 0.1) is 0 Å². The predicted molar refractivity (Wildman–Crippen MR) is 41.5 cm³/mol. The lowest BCUT2D eigenvalue weighted by atomic mass is 10.5. The van der Waals surface area contributed by atoms with E-state index in [4.69, 9.17) is 4.74 Å². The van der Waals surface area contributed by atoms with Gasteiger partial charge in [-0.05, 0) is 6.92 Å². The number of aromatic nitrogens is 3. The van der Waals surface area contributed by atoms with Crippen molar-refractivity contribution >= 4 is 0 Å². The molecule has 0 saturated carbocycles. The molecule has 0 aromatic carbocycles. The Hall–Kier alpha value is -1.63. The van der Waals surface area contributed by atoms with Gasteiger partial charge in [-0.1, -0.05) is 0 Å². The zero-order valence-electron chi connectivity index (χ0n) is 6.73. The summed E-state index contributed by atoms with van der Waals surface area (Å²) in [6.45, 7) is 1.72. The van der Waals surface area contributed by atoms with Crippen LogP contribution < -0.4 is 17.1 Å². The number of nitrogens with one attached hydrogen (secondary N) is 2. The summed E-state index contributed by atoms with van der Waals surface area (Å²) in [5, 5.41) is 0. The highest BCUT2D eigenvalue weighted by Gasteiger charge is 2.38. The summed E-state index contributed by atoms with van der Waals surface area (Å²) < 4.78 is 5.76. The largest absolute Gasteiger partial charge is 0.347 e. The van der Waals surface area contributed by atoms with Crippen LogP contribution >= 0.6 is 0 Å². The molecule has 2 unspecified atom stereocenters. The van der Waals surface area contributed by atoms with Crippen LogP contribution in [0.25, 0.3) is 0 Å². The number of rotatable bonds is 1. The van der Waals surface area contributed by atoms with Gasteiger partial charge in [0, 0.05) is 0 Å². The SMILES string of the molecule is CC1OC1n1c(=O)[nH]c(=O)[nH]c1=O. The second-order valence-electron chi connectivity index (χ2n) is 2.79. The summed E-state index contributed by atoms with van der Waals surface area (Å²) in [5.74, 6) is 0. The van der Waals surface area contributed by atoms with E-state index in [-0.39, 0.29) is 6.10 Å². The van der Waals surface area contributed by atoms with Crippen molar-refractivity contribution in [3.05, 3.63) is 31.5 Å². The molecule has 0 amide bonds. The van der Waals surface area contributed by atoms with Crippen molar-refractivity contribution in [2.75, 3.05) is 0 Å². The number of nitrogens with zero attached hydrogens (tertiary/aromatic N) is 1. The number of aromatic amines is 2. The molecule has 1 aliphatic rings. The lowest BCUT2D eigenvalue weighted by molar-refractivity contribution is 0.323. The minimum Gasteiger partial charge on any atom is -0.347 e. The molecule has 1 aliphatic heterocycles. The van der Waals surface area contributed by atoms with E-state index in [1.165, 1.54) is 0 Å². The molecule has 7 heteroatoms. The molecule has 2 heterocycles. The van der Waals surface area contributed by atoms with Crippen molar-refractivity contribution in [2.45, 2.75) is 19.3 Å². The highest BCUT2D eigenvalue weighted by Crippen LogP contribution is 2.29. The van der Waals surface area contributed by atoms with Crippen LogP contribution in [0, 0.1) is 0 Å². The van der Waals surface area contributed by atoms with Gasteiger partial charge >= 0.3 is 17.1 Å². The molecule has 1 saturated heterocycles. The van der Waals surface area contributed by atoms with Crippen LogP contribution in [-0.4, -0.2) is 20.6 Å². The molecule has 0 bridgehead atoms. The Kier molecular flexibility index (Phi) is 1.49. The minimum absolute atomic E-state index is 0.162. The number of hydrogen-bond acceptors (Lipinski definition) is 4. The van der Waals surface area contributed by atoms with Gasteiger partial charge < -0.3 is 4.74 Å². The van der Waals surface area contributed by atoms with Gasteiger partial charge in [-0.15, -0.1) is 0 Å². The first-order valence-electron chi connectivity index (χ1n) is 3.70. The van der Waals surface area contributed by atoms with E-state index < -0.39 is 23.3 Å². The summed E-state index contributed by atoms with van der Waals surface area (Å²) >= 11 is 0. The highest BCUT2D eigenvalue weighted by molar-refractivity contribution is 4.82. The van der Waals surface area contributed by atoms with Crippen molar-refractivity contribution in [3.8, 4) is 0 Å². The Morgan fingerprint density at radius 1 is 1.23 bits per heavy atom. The topological polar surface area (TPSA) is 100 Å². The Morgan fingerprint density at radius 2 is 1.69 bits per heavy atom. The van der Waals surface area contributed by atoms with Crippen molar-refractivity contribution in [1.29, 1.82) is 0 Å². The standard InChI is InChI=1S/C6H7N3O4/c1-2-3(13-2)9-5(11)7-4(10)8-6(9)12/h2-3H,1H3,(H2,7,8,10,11,12). The summed E-state index contributed by atoms with van der Waals surface area (Å²) in [6, 6.07) is 0. The molecule has 13 heavy (non-hydrogen) atoms. The normalized spacial score (nSPS) is 25.9. The average Bonchev–Trinajstić information content (AvgIpc) is 2.64. The second-order valence-corrected chi connectivity index (χ2v) is 2.79. The maximum absolute atomic E-state index is 11.1. The lowest BCUT2D eigenvalue weighted by Crippen LogP contribution is -2.43. The van der Waals surface area contributed by atoms with Crippen molar-refractivity contribution in [3.63, 3.8) is 0 Å². The fourth-order valence-electron chi connectivity index (χ4n) is 1.11. The van der Waals surface area contributed by atoms with Crippen molar-refractivity contribution in [2.24, 2.45) is 0 Å². The molecule has 1 aromatic heterocycles. The third-order valence-corrected chi connectivity index (χ3v) is 1.81. The Morgan fingerprint density at radius 3 is 2.08 bits per heavy atom. The van der Waals surface area contributed by atoms with Crippen molar-refractivity contribution in [1.82, 2.24) is 14.5 Å². The molecular weight excluding hydrogens is 178 g/mol. The van der Waals surface area contributed by atoms with Crippen LogP contribution in [-0.2, 0) is 4.74 Å². The van der Waals surface area contributed by atoms with Crippen LogP contribution in [0.5, 0.6) is 0 Å². The lowest BCUT2D eigenvalue weighted by Gasteiger charge is -1.95. The molecule has 0 radical (unpaired) electrons. The summed E-state index contributed by atoms with van der Waals surface area (Å²) in [7, 11) is 0. The molecule has 7 nitrogen and oxygen atoms in total. The zero-order chi connectivity index (χ0) is 9.59. The van der Waals surface area contributed by atoms with Crippen LogP contribution in [0.3, 0.4) is 0 Å². The quantitative estimate of drug-likeness (QED) is 0.501. The molecular formula is C6H7N3O4. The van der Waals surface area contributed by atoms with E-state index in [0.29, 0.717) is 0 Å². The van der Waals surface area contributed by atoms with Gasteiger partial charge in [0.25, 0.3) is 0 Å². The maximum atomic E-state index is 11.1. The molecule has 1 aromatic rings. The van der Waals surface area contributed by atoms with Gasteiger partial charge in [0.2, 0.25) is 0 Å². The highest BCUT2D eigenvalue weighted by atomic mass is 16.6. The van der Waals surface area contributed by atoms with Crippen LogP contribution in [0.15, 0.2) is 14.4 Å². The van der Waals surface area contributed by atoms with E-state index in [1.807, 2.05) is 9.97 Å². The van der Waals surface area contributed by atoms with E-state index >= 15 is 0 Å². The number of H-pyrrole nitrogens is 2. The predicted octanol–water partition coefficient (Wildman–Crippen LogP) is -1.86. The molecule has 2 atom stereocenters. The number of ether oxygens (including phenoxy) is 1. The fourth-order valence-corrected chi connectivity index (χ4v) is 1.11. The second kappa shape index (κ2) is 2.43. The van der Waals surface area contributed by atoms with Gasteiger partial charge in [-0.2, -0.15) is 0 Å². The first kappa shape index (κ1) is 7.99. The Labute approximate surface area is 71.0 Å². The summed E-state index contributed by atoms with van der Waals surface area (Å²) in [6.07, 6.45) is -0.710. The van der Waals surface area contributed by atoms with Gasteiger partial charge in [-0.3, -0.25) is 9.97 Å². The zero-order valence-corrected chi connectivity index (χ0v) is 6.73. The Balaban J connectivity index is 2.65. The number of hydrogen-bond donors (Lipinski definition) is 2. The van der Waals surface area contributed by atoms with Crippen LogP contribution in [0.4, 0.5) is 0 Å². The third-order valence-electron chi connectivity index (χ3n) is 1.81. The molecule has 70 valence electrons. The van der Waals surface area contributed by atoms with E-state index in [2.05, 4.69) is 0 Å². The maximum Gasteiger partial charge on any atom is 0.335 e. The van der Waals surface area contributed by atoms with Crippen LogP contribution in [0.2, 0.25) is 0 Å². The number of epoxide rings is 1.